The summed E-state index contributed by atoms with van der Waals surface area (Å²) in [5, 5.41) is 15.1. The molecule has 0 radical (unpaired) electrons. The first-order valence-corrected chi connectivity index (χ1v) is 22.5. The lowest BCUT2D eigenvalue weighted by Crippen LogP contribution is -1.99. The van der Waals surface area contributed by atoms with E-state index in [-0.39, 0.29) is 0 Å². The molecule has 65 heavy (non-hydrogen) atoms. The Bertz CT molecular complexity index is 4330. The molecule has 3 heteroatoms. The summed E-state index contributed by atoms with van der Waals surface area (Å²) < 4.78 is 7.39. The van der Waals surface area contributed by atoms with Gasteiger partial charge in [-0.25, -0.2) is 0 Å². The van der Waals surface area contributed by atoms with Crippen LogP contribution in [0.5, 0.6) is 0 Å². The third kappa shape index (κ3) is 4.68. The molecule has 0 aliphatic rings. The van der Waals surface area contributed by atoms with Gasteiger partial charge in [0.05, 0.1) is 44.3 Å². The predicted octanol–water partition coefficient (Wildman–Crippen LogP) is 16.7. The van der Waals surface area contributed by atoms with Crippen LogP contribution in [0, 0.1) is 0 Å². The van der Waals surface area contributed by atoms with Gasteiger partial charge in [0.15, 0.2) is 0 Å². The summed E-state index contributed by atoms with van der Waals surface area (Å²) in [6, 6.07) is 83.3. The number of hydrogen-bond acceptors (Lipinski definition) is 0. The highest BCUT2D eigenvalue weighted by Gasteiger charge is 2.24. The molecule has 0 aliphatic heterocycles. The summed E-state index contributed by atoms with van der Waals surface area (Å²) in [5.41, 5.74) is 15.9. The zero-order valence-corrected chi connectivity index (χ0v) is 35.2. The van der Waals surface area contributed by atoms with E-state index >= 15 is 0 Å². The lowest BCUT2D eigenvalue weighted by Gasteiger charge is -2.20. The maximum atomic E-state index is 2.53. The molecule has 0 aliphatic carbocycles. The number of benzene rings is 11. The van der Waals surface area contributed by atoms with E-state index in [0.29, 0.717) is 0 Å². The van der Waals surface area contributed by atoms with E-state index in [2.05, 4.69) is 238 Å². The molecule has 0 saturated carbocycles. The van der Waals surface area contributed by atoms with Crippen LogP contribution in [-0.2, 0) is 0 Å². The van der Waals surface area contributed by atoms with Crippen LogP contribution in [0.1, 0.15) is 0 Å². The molecule has 0 N–H and O–H groups in total. The second-order valence-corrected chi connectivity index (χ2v) is 17.6. The quantitative estimate of drug-likeness (QED) is 0.157. The summed E-state index contributed by atoms with van der Waals surface area (Å²) in [6.45, 7) is 0. The molecule has 3 nitrogen and oxygen atoms in total. The number of para-hydroxylation sites is 5. The normalized spacial score (nSPS) is 12.3. The van der Waals surface area contributed by atoms with Gasteiger partial charge >= 0.3 is 0 Å². The highest BCUT2D eigenvalue weighted by atomic mass is 15.0. The van der Waals surface area contributed by atoms with Crippen LogP contribution in [0.25, 0.3) is 137 Å². The molecule has 15 aromatic rings. The molecule has 4 aromatic heterocycles. The molecule has 15 rings (SSSR count). The van der Waals surface area contributed by atoms with Crippen molar-refractivity contribution in [2.45, 2.75) is 0 Å². The molecule has 0 saturated heterocycles. The standard InChI is InChI=1S/C62H37N3/c1-2-16-41(17-3-1)63-54-26-12-8-18-42(54)50-34-38(30-32-58(50)63)39-31-33-59-51(35-39)43-19-9-13-27-55(43)65(59)61-48-24-6-4-22-46(48)60(47-23-5-7-25-49(47)61)40-36-52-44-20-10-14-28-56(44)64-57-29-15-11-21-45(57)53(37-40)62(52)64/h1-37H. The Hall–Kier alpha value is -8.66. The van der Waals surface area contributed by atoms with Crippen LogP contribution in [0.3, 0.4) is 0 Å². The van der Waals surface area contributed by atoms with Crippen LogP contribution in [0.4, 0.5) is 0 Å². The number of rotatable bonds is 4. The maximum Gasteiger partial charge on any atom is 0.0620 e. The highest BCUT2D eigenvalue weighted by Crippen LogP contribution is 2.48. The first-order valence-electron chi connectivity index (χ1n) is 22.5. The number of nitrogens with zero attached hydrogens (tertiary/aromatic N) is 3. The van der Waals surface area contributed by atoms with Gasteiger partial charge < -0.3 is 13.5 Å². The zero-order chi connectivity index (χ0) is 42.3. The van der Waals surface area contributed by atoms with Crippen LogP contribution < -0.4 is 0 Å². The van der Waals surface area contributed by atoms with Gasteiger partial charge in [0.1, 0.15) is 0 Å². The predicted molar refractivity (Wildman–Crippen MR) is 276 cm³/mol. The van der Waals surface area contributed by atoms with Crippen LogP contribution in [0.2, 0.25) is 0 Å². The van der Waals surface area contributed by atoms with Crippen molar-refractivity contribution in [1.29, 1.82) is 0 Å². The average molecular weight is 824 g/mol. The van der Waals surface area contributed by atoms with Gasteiger partial charge in [0.2, 0.25) is 0 Å². The van der Waals surface area contributed by atoms with Crippen molar-refractivity contribution in [3.63, 3.8) is 0 Å². The fraction of sp³-hybridized carbons (Fsp3) is 0. The van der Waals surface area contributed by atoms with Crippen molar-refractivity contribution in [2.24, 2.45) is 0 Å². The molecule has 4 heterocycles. The summed E-state index contributed by atoms with van der Waals surface area (Å²) >= 11 is 0. The lowest BCUT2D eigenvalue weighted by atomic mass is 9.89. The smallest absolute Gasteiger partial charge is 0.0620 e. The van der Waals surface area contributed by atoms with E-state index in [0.717, 1.165) is 0 Å². The Morgan fingerprint density at radius 1 is 0.231 bits per heavy atom. The SMILES string of the molecule is c1ccc(-n2c3ccccc3c3cc(-c4ccc5c(c4)c4ccccc4n5-c4c5ccccc5c(-c5cc6c7ccccc7n7c8ccccc8c(c5)c67)c5ccccc45)ccc32)cc1. The molecule has 0 unspecified atom stereocenters. The minimum Gasteiger partial charge on any atom is -0.309 e. The van der Waals surface area contributed by atoms with E-state index in [1.165, 1.54) is 137 Å². The van der Waals surface area contributed by atoms with Gasteiger partial charge in [0.25, 0.3) is 0 Å². The topological polar surface area (TPSA) is 14.3 Å². The van der Waals surface area contributed by atoms with E-state index in [1.807, 2.05) is 0 Å². The number of hydrogen-bond donors (Lipinski definition) is 0. The molecule has 0 bridgehead atoms. The van der Waals surface area contributed by atoms with Gasteiger partial charge in [-0.2, -0.15) is 0 Å². The van der Waals surface area contributed by atoms with E-state index in [4.69, 9.17) is 0 Å². The molecule has 0 amide bonds. The van der Waals surface area contributed by atoms with Crippen molar-refractivity contribution in [3.8, 4) is 33.6 Å². The molecule has 0 atom stereocenters. The molecule has 300 valence electrons. The molecule has 0 spiro atoms. The fourth-order valence-electron chi connectivity index (χ4n) is 11.7. The number of fused-ring (bicyclic) bond motifs is 14. The minimum atomic E-state index is 1.17. The Labute approximate surface area is 373 Å². The third-order valence-electron chi connectivity index (χ3n) is 14.3. The molecular weight excluding hydrogens is 787 g/mol. The Balaban J connectivity index is 0.976. The summed E-state index contributed by atoms with van der Waals surface area (Å²) in [6.07, 6.45) is 0. The monoisotopic (exact) mass is 823 g/mol. The van der Waals surface area contributed by atoms with Gasteiger partial charge in [-0.1, -0.05) is 152 Å². The largest absolute Gasteiger partial charge is 0.309 e. The molecule has 0 fully saturated rings. The zero-order valence-electron chi connectivity index (χ0n) is 35.2. The van der Waals surface area contributed by atoms with Crippen LogP contribution in [-0.4, -0.2) is 13.5 Å². The van der Waals surface area contributed by atoms with Crippen molar-refractivity contribution >= 4 is 103 Å². The second kappa shape index (κ2) is 12.9. The average Bonchev–Trinajstić information content (AvgIpc) is 4.10. The Morgan fingerprint density at radius 3 is 1.12 bits per heavy atom. The van der Waals surface area contributed by atoms with Gasteiger partial charge in [-0.3, -0.25) is 0 Å². The van der Waals surface area contributed by atoms with Gasteiger partial charge in [-0.05, 0) is 106 Å². The summed E-state index contributed by atoms with van der Waals surface area (Å²) in [4.78, 5) is 0. The lowest BCUT2D eigenvalue weighted by molar-refractivity contribution is 1.18. The van der Waals surface area contributed by atoms with Crippen LogP contribution in [0.15, 0.2) is 224 Å². The van der Waals surface area contributed by atoms with E-state index in [1.54, 1.807) is 0 Å². The van der Waals surface area contributed by atoms with Gasteiger partial charge in [0, 0.05) is 59.5 Å². The molecule has 11 aromatic carbocycles. The van der Waals surface area contributed by atoms with Crippen molar-refractivity contribution in [2.75, 3.05) is 0 Å². The van der Waals surface area contributed by atoms with Crippen molar-refractivity contribution < 1.29 is 0 Å². The number of aromatic nitrogens is 3. The highest BCUT2D eigenvalue weighted by molar-refractivity contribution is 6.27. The fourth-order valence-corrected chi connectivity index (χ4v) is 11.7. The Kier molecular flexibility index (Phi) is 6.95. The Morgan fingerprint density at radius 2 is 0.600 bits per heavy atom. The molecular formula is C62H37N3. The van der Waals surface area contributed by atoms with Gasteiger partial charge in [-0.15, -0.1) is 0 Å². The van der Waals surface area contributed by atoms with Crippen molar-refractivity contribution in [3.05, 3.63) is 224 Å². The third-order valence-corrected chi connectivity index (χ3v) is 14.3. The summed E-state index contributed by atoms with van der Waals surface area (Å²) in [7, 11) is 0. The van der Waals surface area contributed by atoms with Crippen LogP contribution >= 0.6 is 0 Å². The maximum absolute atomic E-state index is 2.53. The van der Waals surface area contributed by atoms with Crippen molar-refractivity contribution in [1.82, 2.24) is 13.5 Å². The van der Waals surface area contributed by atoms with E-state index < -0.39 is 0 Å². The first-order chi connectivity index (χ1) is 32.3. The first kappa shape index (κ1) is 34.9. The minimum absolute atomic E-state index is 1.17. The second-order valence-electron chi connectivity index (χ2n) is 17.6. The van der Waals surface area contributed by atoms with E-state index in [9.17, 15) is 0 Å². The summed E-state index contributed by atoms with van der Waals surface area (Å²) in [5.74, 6) is 0.